The summed E-state index contributed by atoms with van der Waals surface area (Å²) >= 11 is 0. The van der Waals surface area contributed by atoms with Crippen LogP contribution in [0.2, 0.25) is 0 Å². The van der Waals surface area contributed by atoms with E-state index in [2.05, 4.69) is 24.9 Å². The number of hydrogen-bond donors (Lipinski definition) is 1. The highest BCUT2D eigenvalue weighted by atomic mass is 16.2. The zero-order chi connectivity index (χ0) is 15.9. The Balaban J connectivity index is 2.46. The standard InChI is InChI=1S/C18H22N2O2/c1-4-18(5-2)11-12-9-7-8-10-13(12)15-14(18)16(21)20(6-3)17(22)19-15/h7-10H,4-6,11H2,1-3H3,(H,19,22). The van der Waals surface area contributed by atoms with E-state index in [4.69, 9.17) is 0 Å². The van der Waals surface area contributed by atoms with Crippen LogP contribution in [0.5, 0.6) is 0 Å². The minimum atomic E-state index is -0.316. The van der Waals surface area contributed by atoms with Gasteiger partial charge in [-0.05, 0) is 31.7 Å². The number of nitrogens with zero attached hydrogens (tertiary/aromatic N) is 1. The molecule has 0 aliphatic heterocycles. The highest BCUT2D eigenvalue weighted by Crippen LogP contribution is 2.43. The molecule has 0 spiro atoms. The second-order valence-electron chi connectivity index (χ2n) is 6.05. The van der Waals surface area contributed by atoms with Crippen molar-refractivity contribution in [1.82, 2.24) is 9.55 Å². The van der Waals surface area contributed by atoms with Crippen molar-refractivity contribution >= 4 is 0 Å². The van der Waals surface area contributed by atoms with Crippen LogP contribution in [0.25, 0.3) is 11.3 Å². The second kappa shape index (κ2) is 5.27. The Hall–Kier alpha value is -2.10. The van der Waals surface area contributed by atoms with Crippen LogP contribution in [-0.4, -0.2) is 9.55 Å². The molecular formula is C18H22N2O2. The molecule has 22 heavy (non-hydrogen) atoms. The molecule has 0 saturated carbocycles. The highest BCUT2D eigenvalue weighted by molar-refractivity contribution is 5.71. The van der Waals surface area contributed by atoms with E-state index >= 15 is 0 Å². The van der Waals surface area contributed by atoms with E-state index in [1.165, 1.54) is 10.1 Å². The Labute approximate surface area is 129 Å². The third-order valence-corrected chi connectivity index (χ3v) is 5.20. The lowest BCUT2D eigenvalue weighted by atomic mass is 9.66. The van der Waals surface area contributed by atoms with E-state index in [0.29, 0.717) is 6.54 Å². The first-order valence-corrected chi connectivity index (χ1v) is 8.03. The number of aromatic amines is 1. The summed E-state index contributed by atoms with van der Waals surface area (Å²) in [4.78, 5) is 28.2. The monoisotopic (exact) mass is 298 g/mol. The topological polar surface area (TPSA) is 54.9 Å². The molecule has 0 radical (unpaired) electrons. The first-order valence-electron chi connectivity index (χ1n) is 8.03. The van der Waals surface area contributed by atoms with Crippen molar-refractivity contribution in [1.29, 1.82) is 0 Å². The van der Waals surface area contributed by atoms with Gasteiger partial charge >= 0.3 is 5.69 Å². The molecule has 4 heteroatoms. The van der Waals surface area contributed by atoms with Crippen LogP contribution in [-0.2, 0) is 18.4 Å². The largest absolute Gasteiger partial charge is 0.328 e. The van der Waals surface area contributed by atoms with Gasteiger partial charge in [0.15, 0.2) is 0 Å². The fourth-order valence-corrected chi connectivity index (χ4v) is 3.78. The smallest absolute Gasteiger partial charge is 0.306 e. The fraction of sp³-hybridized carbons (Fsp3) is 0.444. The van der Waals surface area contributed by atoms with Gasteiger partial charge in [-0.2, -0.15) is 0 Å². The predicted molar refractivity (Wildman–Crippen MR) is 88.4 cm³/mol. The Morgan fingerprint density at radius 2 is 1.82 bits per heavy atom. The number of H-pyrrole nitrogens is 1. The van der Waals surface area contributed by atoms with Crippen LogP contribution in [0.3, 0.4) is 0 Å². The van der Waals surface area contributed by atoms with Gasteiger partial charge in [0.1, 0.15) is 0 Å². The van der Waals surface area contributed by atoms with Crippen molar-refractivity contribution in [2.75, 3.05) is 0 Å². The molecule has 1 aromatic heterocycles. The average molecular weight is 298 g/mol. The predicted octanol–water partition coefficient (Wildman–Crippen LogP) is 2.84. The normalized spacial score (nSPS) is 15.2. The average Bonchev–Trinajstić information content (AvgIpc) is 2.54. The molecule has 0 saturated heterocycles. The molecule has 1 aromatic carbocycles. The van der Waals surface area contributed by atoms with Crippen molar-refractivity contribution in [2.24, 2.45) is 0 Å². The molecule has 0 amide bonds. The van der Waals surface area contributed by atoms with Gasteiger partial charge in [-0.3, -0.25) is 9.36 Å². The number of nitrogens with one attached hydrogen (secondary N) is 1. The number of fused-ring (bicyclic) bond motifs is 3. The zero-order valence-electron chi connectivity index (χ0n) is 13.4. The van der Waals surface area contributed by atoms with Gasteiger partial charge in [0.05, 0.1) is 5.69 Å². The van der Waals surface area contributed by atoms with Crippen LogP contribution in [0.15, 0.2) is 33.9 Å². The van der Waals surface area contributed by atoms with E-state index < -0.39 is 0 Å². The molecule has 1 aliphatic rings. The van der Waals surface area contributed by atoms with Gasteiger partial charge in [0.25, 0.3) is 5.56 Å². The summed E-state index contributed by atoms with van der Waals surface area (Å²) in [5.74, 6) is 0. The Morgan fingerprint density at radius 1 is 1.14 bits per heavy atom. The number of benzene rings is 1. The van der Waals surface area contributed by atoms with E-state index in [1.807, 2.05) is 25.1 Å². The molecule has 116 valence electrons. The summed E-state index contributed by atoms with van der Waals surface area (Å²) in [7, 11) is 0. The van der Waals surface area contributed by atoms with Crippen molar-refractivity contribution in [3.63, 3.8) is 0 Å². The minimum absolute atomic E-state index is 0.126. The minimum Gasteiger partial charge on any atom is -0.306 e. The lowest BCUT2D eigenvalue weighted by molar-refractivity contribution is 0.378. The number of rotatable bonds is 3. The van der Waals surface area contributed by atoms with Gasteiger partial charge in [-0.15, -0.1) is 0 Å². The molecular weight excluding hydrogens is 276 g/mol. The zero-order valence-corrected chi connectivity index (χ0v) is 13.4. The molecule has 1 heterocycles. The van der Waals surface area contributed by atoms with E-state index in [0.717, 1.165) is 36.1 Å². The van der Waals surface area contributed by atoms with Gasteiger partial charge in [-0.1, -0.05) is 38.1 Å². The quantitative estimate of drug-likeness (QED) is 0.947. The summed E-state index contributed by atoms with van der Waals surface area (Å²) < 4.78 is 1.31. The maximum absolute atomic E-state index is 13.0. The summed E-state index contributed by atoms with van der Waals surface area (Å²) in [6.07, 6.45) is 2.62. The Bertz CT molecular complexity index is 826. The van der Waals surface area contributed by atoms with Crippen LogP contribution < -0.4 is 11.2 Å². The van der Waals surface area contributed by atoms with Crippen molar-refractivity contribution in [2.45, 2.75) is 52.0 Å². The molecule has 0 bridgehead atoms. The Morgan fingerprint density at radius 3 is 2.45 bits per heavy atom. The van der Waals surface area contributed by atoms with Crippen molar-refractivity contribution in [3.05, 3.63) is 56.2 Å². The molecule has 2 aromatic rings. The van der Waals surface area contributed by atoms with E-state index in [1.54, 1.807) is 0 Å². The Kier molecular flexibility index (Phi) is 3.55. The highest BCUT2D eigenvalue weighted by Gasteiger charge is 2.39. The summed E-state index contributed by atoms with van der Waals surface area (Å²) in [5, 5.41) is 0. The lowest BCUT2D eigenvalue weighted by Crippen LogP contribution is -2.45. The van der Waals surface area contributed by atoms with Gasteiger partial charge in [0, 0.05) is 23.1 Å². The van der Waals surface area contributed by atoms with E-state index in [-0.39, 0.29) is 16.7 Å². The molecule has 1 N–H and O–H groups in total. The van der Waals surface area contributed by atoms with Crippen molar-refractivity contribution in [3.8, 4) is 11.3 Å². The lowest BCUT2D eigenvalue weighted by Gasteiger charge is -2.38. The van der Waals surface area contributed by atoms with Crippen LogP contribution in [0.4, 0.5) is 0 Å². The SMILES string of the molecule is CCn1c(=O)[nH]c2c(c1=O)C(CC)(CC)Cc1ccccc1-2. The van der Waals surface area contributed by atoms with Crippen molar-refractivity contribution < 1.29 is 0 Å². The summed E-state index contributed by atoms with van der Waals surface area (Å²) in [6.45, 7) is 6.48. The maximum Gasteiger partial charge on any atom is 0.328 e. The number of aromatic nitrogens is 2. The van der Waals surface area contributed by atoms with Gasteiger partial charge in [-0.25, -0.2) is 4.79 Å². The molecule has 0 atom stereocenters. The van der Waals surface area contributed by atoms with Crippen LogP contribution in [0.1, 0.15) is 44.7 Å². The van der Waals surface area contributed by atoms with E-state index in [9.17, 15) is 9.59 Å². The second-order valence-corrected chi connectivity index (χ2v) is 6.05. The summed E-state index contributed by atoms with van der Waals surface area (Å²) in [6, 6.07) is 8.07. The molecule has 0 unspecified atom stereocenters. The third kappa shape index (κ3) is 1.90. The number of hydrogen-bond acceptors (Lipinski definition) is 2. The fourth-order valence-electron chi connectivity index (χ4n) is 3.78. The van der Waals surface area contributed by atoms with Gasteiger partial charge < -0.3 is 4.98 Å². The molecule has 1 aliphatic carbocycles. The molecule has 4 nitrogen and oxygen atoms in total. The van der Waals surface area contributed by atoms with Gasteiger partial charge in [0.2, 0.25) is 0 Å². The first kappa shape index (κ1) is 14.8. The van der Waals surface area contributed by atoms with Crippen LogP contribution in [0, 0.1) is 0 Å². The first-order chi connectivity index (χ1) is 10.6. The molecule has 3 rings (SSSR count). The van der Waals surface area contributed by atoms with Crippen LogP contribution >= 0.6 is 0 Å². The maximum atomic E-state index is 13.0. The third-order valence-electron chi connectivity index (χ3n) is 5.20. The molecule has 0 fully saturated rings. The summed E-state index contributed by atoms with van der Waals surface area (Å²) in [5.41, 5.74) is 3.09.